The Kier molecular flexibility index (Phi) is 6.32. The van der Waals surface area contributed by atoms with Gasteiger partial charge < -0.3 is 20.7 Å². The van der Waals surface area contributed by atoms with Crippen LogP contribution in [0.4, 0.5) is 16.2 Å². The number of nitrogen functional groups attached to an aromatic ring is 1. The van der Waals surface area contributed by atoms with Crippen LogP contribution in [0, 0.1) is 10.1 Å². The molecule has 0 amide bonds. The number of aliphatic hydroxyl groups excluding tert-OH is 1. The Labute approximate surface area is 125 Å². The van der Waals surface area contributed by atoms with Crippen molar-refractivity contribution in [2.24, 2.45) is 0 Å². The number of nitro groups is 1. The third kappa shape index (κ3) is 5.88. The molecule has 116 valence electrons. The zero-order valence-corrected chi connectivity index (χ0v) is 11.4. The van der Waals surface area contributed by atoms with Crippen LogP contribution in [0.15, 0.2) is 48.5 Å². The summed E-state index contributed by atoms with van der Waals surface area (Å²) < 4.78 is 4.24. The monoisotopic (exact) mass is 306 g/mol. The Morgan fingerprint density at radius 2 is 1.68 bits per heavy atom. The zero-order valence-electron chi connectivity index (χ0n) is 11.4. The maximum atomic E-state index is 10.2. The van der Waals surface area contributed by atoms with Crippen LogP contribution in [0.1, 0.15) is 5.56 Å². The van der Waals surface area contributed by atoms with Crippen molar-refractivity contribution < 1.29 is 24.7 Å². The summed E-state index contributed by atoms with van der Waals surface area (Å²) in [6.07, 6.45) is -1.45. The number of hydrogen-bond acceptors (Lipinski definition) is 6. The predicted molar refractivity (Wildman–Crippen MR) is 78.5 cm³/mol. The molecule has 4 N–H and O–H groups in total. The van der Waals surface area contributed by atoms with E-state index in [2.05, 4.69) is 4.74 Å². The quantitative estimate of drug-likeness (QED) is 0.260. The molecular weight excluding hydrogens is 292 g/mol. The lowest BCUT2D eigenvalue weighted by atomic mass is 10.2. The minimum Gasteiger partial charge on any atom is -0.449 e. The molecule has 0 saturated heterocycles. The van der Waals surface area contributed by atoms with E-state index in [0.717, 1.165) is 23.4 Å². The highest BCUT2D eigenvalue weighted by molar-refractivity contribution is 5.61. The number of nitrogens with zero attached hydrogens (tertiary/aromatic N) is 1. The molecule has 2 aromatic rings. The van der Waals surface area contributed by atoms with Crippen molar-refractivity contribution in [3.8, 4) is 5.75 Å². The van der Waals surface area contributed by atoms with Crippen molar-refractivity contribution in [2.75, 3.05) is 5.73 Å². The number of nitrogens with two attached hydrogens (primary N) is 1. The van der Waals surface area contributed by atoms with E-state index < -0.39 is 11.1 Å². The molecule has 0 saturated carbocycles. The molecule has 8 nitrogen and oxygen atoms in total. The normalized spacial score (nSPS) is 9.32. The van der Waals surface area contributed by atoms with Gasteiger partial charge in [0.05, 0.1) is 11.5 Å². The topological polar surface area (TPSA) is 136 Å². The number of carbonyl (C=O) groups is 1. The van der Waals surface area contributed by atoms with Gasteiger partial charge in [-0.2, -0.15) is 0 Å². The van der Waals surface area contributed by atoms with E-state index in [1.54, 1.807) is 24.3 Å². The van der Waals surface area contributed by atoms with E-state index >= 15 is 0 Å². The summed E-state index contributed by atoms with van der Waals surface area (Å²) in [5.41, 5.74) is 6.91. The highest BCUT2D eigenvalue weighted by Gasteiger charge is 2.05. The van der Waals surface area contributed by atoms with Crippen molar-refractivity contribution in [3.05, 3.63) is 64.2 Å². The van der Waals surface area contributed by atoms with Crippen molar-refractivity contribution in [1.29, 1.82) is 0 Å². The molecule has 0 unspecified atom stereocenters. The van der Waals surface area contributed by atoms with Crippen LogP contribution in [0.2, 0.25) is 0 Å². The lowest BCUT2D eigenvalue weighted by Crippen LogP contribution is -2.02. The fourth-order valence-electron chi connectivity index (χ4n) is 1.36. The molecule has 22 heavy (non-hydrogen) atoms. The van der Waals surface area contributed by atoms with Crippen LogP contribution in [-0.4, -0.2) is 21.3 Å². The maximum absolute atomic E-state index is 10.2. The van der Waals surface area contributed by atoms with Gasteiger partial charge >= 0.3 is 6.16 Å². The first kappa shape index (κ1) is 16.9. The van der Waals surface area contributed by atoms with Gasteiger partial charge in [-0.1, -0.05) is 12.1 Å². The highest BCUT2D eigenvalue weighted by atomic mass is 16.7. The standard InChI is InChI=1S/C7H5NO5.C7H9NO/c9-7(10)13-6-3-1-5(2-4-6)8(11)12;8-7-3-1-6(5-9)2-4-7/h1-4H,(H,9,10);1-4,9H,5,8H2. The first-order valence-electron chi connectivity index (χ1n) is 6.03. The number of carboxylic acid groups (broad SMARTS) is 1. The number of rotatable bonds is 3. The van der Waals surface area contributed by atoms with Gasteiger partial charge in [0.25, 0.3) is 5.69 Å². The lowest BCUT2D eigenvalue weighted by Gasteiger charge is -1.97. The van der Waals surface area contributed by atoms with Crippen LogP contribution >= 0.6 is 0 Å². The molecule has 0 aromatic heterocycles. The Bertz CT molecular complexity index is 625. The van der Waals surface area contributed by atoms with Gasteiger partial charge in [0.1, 0.15) is 5.75 Å². The Balaban J connectivity index is 0.000000235. The summed E-state index contributed by atoms with van der Waals surface area (Å²) in [6, 6.07) is 11.9. The largest absolute Gasteiger partial charge is 0.511 e. The van der Waals surface area contributed by atoms with Gasteiger partial charge in [0, 0.05) is 17.8 Å². The first-order chi connectivity index (χ1) is 10.4. The summed E-state index contributed by atoms with van der Waals surface area (Å²) in [5.74, 6) is 0.0538. The minimum absolute atomic E-state index is 0.0538. The van der Waals surface area contributed by atoms with Gasteiger partial charge in [-0.15, -0.1) is 0 Å². The number of aliphatic hydroxyl groups is 1. The Hall–Kier alpha value is -3.13. The third-order valence-electron chi connectivity index (χ3n) is 2.41. The van der Waals surface area contributed by atoms with Gasteiger partial charge in [0.15, 0.2) is 0 Å². The van der Waals surface area contributed by atoms with Gasteiger partial charge in [-0.3, -0.25) is 10.1 Å². The van der Waals surface area contributed by atoms with Crippen LogP contribution in [0.5, 0.6) is 5.75 Å². The van der Waals surface area contributed by atoms with Crippen molar-refractivity contribution in [2.45, 2.75) is 6.61 Å². The molecule has 0 aliphatic carbocycles. The van der Waals surface area contributed by atoms with E-state index in [0.29, 0.717) is 0 Å². The molecule has 2 rings (SSSR count). The van der Waals surface area contributed by atoms with E-state index in [9.17, 15) is 14.9 Å². The van der Waals surface area contributed by atoms with E-state index in [1.165, 1.54) is 12.1 Å². The van der Waals surface area contributed by atoms with Crippen LogP contribution in [0.3, 0.4) is 0 Å². The second-order valence-corrected chi connectivity index (χ2v) is 4.02. The fourth-order valence-corrected chi connectivity index (χ4v) is 1.36. The van der Waals surface area contributed by atoms with Gasteiger partial charge in [-0.05, 0) is 29.8 Å². The zero-order chi connectivity index (χ0) is 16.5. The average Bonchev–Trinajstić information content (AvgIpc) is 2.48. The molecule has 0 aliphatic rings. The number of ether oxygens (including phenoxy) is 1. The molecule has 0 atom stereocenters. The van der Waals surface area contributed by atoms with Crippen LogP contribution < -0.4 is 10.5 Å². The molecule has 0 aliphatic heterocycles. The molecule has 8 heteroatoms. The Morgan fingerprint density at radius 1 is 1.14 bits per heavy atom. The van der Waals surface area contributed by atoms with E-state index in [4.69, 9.17) is 15.9 Å². The summed E-state index contributed by atoms with van der Waals surface area (Å²) in [6.45, 7) is 0.0836. The molecule has 0 fully saturated rings. The molecule has 0 bridgehead atoms. The summed E-state index contributed by atoms with van der Waals surface area (Å²) in [5, 5.41) is 27.0. The summed E-state index contributed by atoms with van der Waals surface area (Å²) >= 11 is 0. The molecular formula is C14H14N2O6. The van der Waals surface area contributed by atoms with Crippen molar-refractivity contribution >= 4 is 17.5 Å². The van der Waals surface area contributed by atoms with E-state index in [-0.39, 0.29) is 18.0 Å². The molecule has 0 radical (unpaired) electrons. The number of non-ortho nitro benzene ring substituents is 1. The number of nitro benzene ring substituents is 1. The smallest absolute Gasteiger partial charge is 0.449 e. The first-order valence-corrected chi connectivity index (χ1v) is 6.03. The number of benzene rings is 2. The van der Waals surface area contributed by atoms with E-state index in [1.807, 2.05) is 0 Å². The van der Waals surface area contributed by atoms with Gasteiger partial charge in [-0.25, -0.2) is 4.79 Å². The SMILES string of the molecule is Nc1ccc(CO)cc1.O=C(O)Oc1ccc([N+](=O)[O-])cc1. The van der Waals surface area contributed by atoms with Crippen molar-refractivity contribution in [1.82, 2.24) is 0 Å². The van der Waals surface area contributed by atoms with Gasteiger partial charge in [0.2, 0.25) is 0 Å². The summed E-state index contributed by atoms with van der Waals surface area (Å²) in [7, 11) is 0. The molecule has 0 spiro atoms. The van der Waals surface area contributed by atoms with Crippen molar-refractivity contribution in [3.63, 3.8) is 0 Å². The second kappa shape index (κ2) is 8.22. The highest BCUT2D eigenvalue weighted by Crippen LogP contribution is 2.17. The molecule has 0 heterocycles. The number of anilines is 1. The molecule has 2 aromatic carbocycles. The lowest BCUT2D eigenvalue weighted by molar-refractivity contribution is -0.384. The third-order valence-corrected chi connectivity index (χ3v) is 2.41. The second-order valence-electron chi connectivity index (χ2n) is 4.02. The fraction of sp³-hybridized carbons (Fsp3) is 0.0714. The Morgan fingerprint density at radius 3 is 2.09 bits per heavy atom. The minimum atomic E-state index is -1.45. The number of hydrogen-bond donors (Lipinski definition) is 3. The predicted octanol–water partition coefficient (Wildman–Crippen LogP) is 2.41. The van der Waals surface area contributed by atoms with Crippen LogP contribution in [0.25, 0.3) is 0 Å². The maximum Gasteiger partial charge on any atom is 0.511 e. The van der Waals surface area contributed by atoms with Crippen LogP contribution in [-0.2, 0) is 6.61 Å². The average molecular weight is 306 g/mol. The summed E-state index contributed by atoms with van der Waals surface area (Å²) in [4.78, 5) is 19.6.